The number of nitrogens with zero attached hydrogens (tertiary/aromatic N) is 3. The molecule has 9 heteroatoms. The first-order chi connectivity index (χ1) is 9.38. The van der Waals surface area contributed by atoms with E-state index in [0.717, 1.165) is 19.3 Å². The zero-order valence-corrected chi connectivity index (χ0v) is 12.8. The van der Waals surface area contributed by atoms with Gasteiger partial charge in [0, 0.05) is 19.1 Å². The van der Waals surface area contributed by atoms with Crippen LogP contribution in [0.4, 0.5) is 11.8 Å². The molecule has 0 saturated carbocycles. The molecule has 2 rings (SSSR count). The van der Waals surface area contributed by atoms with E-state index in [1.165, 1.54) is 16.8 Å². The van der Waals surface area contributed by atoms with Crippen LogP contribution in [-0.2, 0) is 10.0 Å². The third kappa shape index (κ3) is 3.71. The fourth-order valence-corrected chi connectivity index (χ4v) is 3.67. The van der Waals surface area contributed by atoms with Gasteiger partial charge in [0.2, 0.25) is 16.0 Å². The number of hydrogen-bond donors (Lipinski definition) is 2. The molecule has 0 aromatic carbocycles. The quantitative estimate of drug-likeness (QED) is 0.856. The van der Waals surface area contributed by atoms with Crippen LogP contribution in [0, 0.1) is 0 Å². The lowest BCUT2D eigenvalue weighted by atomic mass is 10.1. The van der Waals surface area contributed by atoms with Gasteiger partial charge >= 0.3 is 0 Å². The van der Waals surface area contributed by atoms with E-state index in [1.807, 2.05) is 0 Å². The van der Waals surface area contributed by atoms with Gasteiger partial charge in [-0.15, -0.1) is 0 Å². The second-order valence-electron chi connectivity index (χ2n) is 4.83. The second kappa shape index (κ2) is 6.11. The highest BCUT2D eigenvalue weighted by molar-refractivity contribution is 7.88. The van der Waals surface area contributed by atoms with Crippen molar-refractivity contribution in [3.05, 3.63) is 11.2 Å². The van der Waals surface area contributed by atoms with Crippen molar-refractivity contribution in [2.24, 2.45) is 0 Å². The molecular formula is C11H18ClN5O2S. The SMILES string of the molecule is CS(=O)(=O)N1CCCCC1CNc1nc(N)ncc1Cl. The molecule has 1 aromatic rings. The maximum Gasteiger partial charge on any atom is 0.222 e. The summed E-state index contributed by atoms with van der Waals surface area (Å²) >= 11 is 5.97. The molecule has 0 bridgehead atoms. The maximum absolute atomic E-state index is 11.8. The average Bonchev–Trinajstić information content (AvgIpc) is 2.39. The predicted molar refractivity (Wildman–Crippen MR) is 79.1 cm³/mol. The Morgan fingerprint density at radius 3 is 3.00 bits per heavy atom. The highest BCUT2D eigenvalue weighted by Crippen LogP contribution is 2.22. The first-order valence-electron chi connectivity index (χ1n) is 6.36. The summed E-state index contributed by atoms with van der Waals surface area (Å²) in [5.41, 5.74) is 5.51. The normalized spacial score (nSPS) is 20.8. The molecule has 0 amide bonds. The van der Waals surface area contributed by atoms with Crippen molar-refractivity contribution in [3.8, 4) is 0 Å². The molecule has 7 nitrogen and oxygen atoms in total. The molecule has 1 aromatic heterocycles. The van der Waals surface area contributed by atoms with Crippen LogP contribution in [0.2, 0.25) is 5.02 Å². The molecule has 0 spiro atoms. The summed E-state index contributed by atoms with van der Waals surface area (Å²) in [6.07, 6.45) is 5.38. The van der Waals surface area contributed by atoms with Crippen molar-refractivity contribution in [2.75, 3.05) is 30.4 Å². The van der Waals surface area contributed by atoms with E-state index in [2.05, 4.69) is 15.3 Å². The van der Waals surface area contributed by atoms with Crippen molar-refractivity contribution < 1.29 is 8.42 Å². The molecule has 3 N–H and O–H groups in total. The van der Waals surface area contributed by atoms with E-state index >= 15 is 0 Å². The third-order valence-corrected chi connectivity index (χ3v) is 4.88. The number of hydrogen-bond acceptors (Lipinski definition) is 6. The number of nitrogens with one attached hydrogen (secondary N) is 1. The van der Waals surface area contributed by atoms with Crippen LogP contribution >= 0.6 is 11.6 Å². The Morgan fingerprint density at radius 1 is 1.55 bits per heavy atom. The molecule has 1 aliphatic heterocycles. The predicted octanol–water partition coefficient (Wildman–Crippen LogP) is 0.938. The summed E-state index contributed by atoms with van der Waals surface area (Å²) < 4.78 is 25.0. The molecular weight excluding hydrogens is 302 g/mol. The Bertz CT molecular complexity index is 580. The zero-order valence-electron chi connectivity index (χ0n) is 11.2. The van der Waals surface area contributed by atoms with Gasteiger partial charge in [-0.2, -0.15) is 9.29 Å². The number of aromatic nitrogens is 2. The smallest absolute Gasteiger partial charge is 0.222 e. The van der Waals surface area contributed by atoms with Crippen LogP contribution in [-0.4, -0.2) is 48.1 Å². The Kier molecular flexibility index (Phi) is 4.66. The summed E-state index contributed by atoms with van der Waals surface area (Å²) in [4.78, 5) is 7.78. The molecule has 0 aliphatic carbocycles. The van der Waals surface area contributed by atoms with Gasteiger partial charge < -0.3 is 11.1 Å². The molecule has 112 valence electrons. The van der Waals surface area contributed by atoms with E-state index in [0.29, 0.717) is 23.9 Å². The summed E-state index contributed by atoms with van der Waals surface area (Å²) in [7, 11) is -3.19. The molecule has 1 unspecified atom stereocenters. The molecule has 1 aliphatic rings. The van der Waals surface area contributed by atoms with Crippen molar-refractivity contribution in [1.82, 2.24) is 14.3 Å². The zero-order chi connectivity index (χ0) is 14.8. The van der Waals surface area contributed by atoms with Gasteiger partial charge in [0.05, 0.1) is 12.5 Å². The largest absolute Gasteiger partial charge is 0.368 e. The molecule has 2 heterocycles. The Morgan fingerprint density at radius 2 is 2.30 bits per heavy atom. The lowest BCUT2D eigenvalue weighted by Gasteiger charge is -2.33. The first-order valence-corrected chi connectivity index (χ1v) is 8.59. The third-order valence-electron chi connectivity index (χ3n) is 3.27. The van der Waals surface area contributed by atoms with Crippen molar-refractivity contribution in [2.45, 2.75) is 25.3 Å². The standard InChI is InChI=1S/C11H18ClN5O2S/c1-20(18,19)17-5-3-2-4-8(17)6-14-10-9(12)7-15-11(13)16-10/h7-8H,2-6H2,1H3,(H3,13,14,15,16). The number of rotatable bonds is 4. The van der Waals surface area contributed by atoms with Crippen LogP contribution in [0.5, 0.6) is 0 Å². The highest BCUT2D eigenvalue weighted by atomic mass is 35.5. The topological polar surface area (TPSA) is 101 Å². The Hall–Kier alpha value is -1.12. The molecule has 1 atom stereocenters. The minimum absolute atomic E-state index is 0.0917. The summed E-state index contributed by atoms with van der Waals surface area (Å²) in [5, 5.41) is 3.42. The summed E-state index contributed by atoms with van der Waals surface area (Å²) in [5.74, 6) is 0.554. The van der Waals surface area contributed by atoms with Crippen LogP contribution in [0.25, 0.3) is 0 Å². The van der Waals surface area contributed by atoms with Crippen LogP contribution in [0.1, 0.15) is 19.3 Å². The lowest BCUT2D eigenvalue weighted by Crippen LogP contribution is -2.46. The molecule has 1 saturated heterocycles. The summed E-state index contributed by atoms with van der Waals surface area (Å²) in [6, 6.07) is -0.0917. The fraction of sp³-hybridized carbons (Fsp3) is 0.636. The fourth-order valence-electron chi connectivity index (χ4n) is 2.33. The van der Waals surface area contributed by atoms with Crippen LogP contribution < -0.4 is 11.1 Å². The minimum atomic E-state index is -3.19. The van der Waals surface area contributed by atoms with Gasteiger partial charge in [0.1, 0.15) is 5.02 Å². The molecule has 1 fully saturated rings. The van der Waals surface area contributed by atoms with Gasteiger partial charge in [0.25, 0.3) is 0 Å². The highest BCUT2D eigenvalue weighted by Gasteiger charge is 2.29. The van der Waals surface area contributed by atoms with Gasteiger partial charge in [-0.3, -0.25) is 0 Å². The van der Waals surface area contributed by atoms with Crippen LogP contribution in [0.15, 0.2) is 6.20 Å². The van der Waals surface area contributed by atoms with Gasteiger partial charge in [-0.05, 0) is 12.8 Å². The van der Waals surface area contributed by atoms with E-state index in [9.17, 15) is 8.42 Å². The number of nitrogens with two attached hydrogens (primary N) is 1. The second-order valence-corrected chi connectivity index (χ2v) is 7.17. The van der Waals surface area contributed by atoms with Crippen molar-refractivity contribution in [1.29, 1.82) is 0 Å². The number of piperidine rings is 1. The van der Waals surface area contributed by atoms with E-state index in [-0.39, 0.29) is 12.0 Å². The lowest BCUT2D eigenvalue weighted by molar-refractivity contribution is 0.263. The van der Waals surface area contributed by atoms with Gasteiger partial charge in [-0.1, -0.05) is 18.0 Å². The number of nitrogen functional groups attached to an aromatic ring is 1. The Labute approximate surface area is 123 Å². The number of sulfonamides is 1. The monoisotopic (exact) mass is 319 g/mol. The summed E-state index contributed by atoms with van der Waals surface area (Å²) in [6.45, 7) is 1.01. The van der Waals surface area contributed by atoms with Crippen molar-refractivity contribution in [3.63, 3.8) is 0 Å². The number of anilines is 2. The van der Waals surface area contributed by atoms with E-state index < -0.39 is 10.0 Å². The molecule has 0 radical (unpaired) electrons. The van der Waals surface area contributed by atoms with Crippen LogP contribution in [0.3, 0.4) is 0 Å². The maximum atomic E-state index is 11.8. The first kappa shape index (κ1) is 15.3. The number of halogens is 1. The van der Waals surface area contributed by atoms with E-state index in [4.69, 9.17) is 17.3 Å². The Balaban J connectivity index is 2.06. The minimum Gasteiger partial charge on any atom is -0.368 e. The van der Waals surface area contributed by atoms with Crippen molar-refractivity contribution >= 4 is 33.4 Å². The molecule has 20 heavy (non-hydrogen) atoms. The van der Waals surface area contributed by atoms with Gasteiger partial charge in [-0.25, -0.2) is 13.4 Å². The van der Waals surface area contributed by atoms with E-state index in [1.54, 1.807) is 0 Å². The average molecular weight is 320 g/mol. The van der Waals surface area contributed by atoms with Gasteiger partial charge in [0.15, 0.2) is 5.82 Å².